The van der Waals surface area contributed by atoms with Gasteiger partial charge in [-0.1, -0.05) is 12.1 Å². The van der Waals surface area contributed by atoms with Crippen molar-refractivity contribution >= 4 is 29.0 Å². The number of benzene rings is 2. The Kier molecular flexibility index (Phi) is 5.84. The Morgan fingerprint density at radius 1 is 1.00 bits per heavy atom. The number of methoxy groups -OCH3 is 1. The zero-order chi connectivity index (χ0) is 19.1. The standard InChI is InChI=1S/C20H21N5O2/c1-14(26)23-16-5-7-17(8-6-16)24-19-11-12-21-20(25-19)22-13-15-3-9-18(27-2)10-4-15/h3-12H,13H2,1-2H3,(H,23,26)(H2,21,22,24,25). The Bertz CT molecular complexity index is 895. The molecule has 0 saturated heterocycles. The van der Waals surface area contributed by atoms with E-state index < -0.39 is 0 Å². The van der Waals surface area contributed by atoms with E-state index in [4.69, 9.17) is 4.74 Å². The molecule has 7 heteroatoms. The number of hydrogen-bond donors (Lipinski definition) is 3. The molecule has 0 saturated carbocycles. The first kappa shape index (κ1) is 18.2. The highest BCUT2D eigenvalue weighted by Crippen LogP contribution is 2.18. The van der Waals surface area contributed by atoms with Gasteiger partial charge in [-0.15, -0.1) is 0 Å². The van der Waals surface area contributed by atoms with Gasteiger partial charge in [-0.2, -0.15) is 4.98 Å². The van der Waals surface area contributed by atoms with Gasteiger partial charge in [0.1, 0.15) is 11.6 Å². The molecule has 1 heterocycles. The largest absolute Gasteiger partial charge is 0.497 e. The van der Waals surface area contributed by atoms with Crippen LogP contribution >= 0.6 is 0 Å². The van der Waals surface area contributed by atoms with Crippen LogP contribution in [0.4, 0.5) is 23.1 Å². The monoisotopic (exact) mass is 363 g/mol. The third-order valence-electron chi connectivity index (χ3n) is 3.74. The van der Waals surface area contributed by atoms with Gasteiger partial charge in [0.25, 0.3) is 0 Å². The molecule has 7 nitrogen and oxygen atoms in total. The van der Waals surface area contributed by atoms with Gasteiger partial charge in [0.15, 0.2) is 0 Å². The number of ether oxygens (including phenoxy) is 1. The van der Waals surface area contributed by atoms with Crippen molar-refractivity contribution in [3.8, 4) is 5.75 Å². The molecule has 1 aromatic heterocycles. The summed E-state index contributed by atoms with van der Waals surface area (Å²) in [6.07, 6.45) is 1.69. The topological polar surface area (TPSA) is 88.2 Å². The number of amides is 1. The highest BCUT2D eigenvalue weighted by Gasteiger charge is 2.02. The second-order valence-corrected chi connectivity index (χ2v) is 5.85. The van der Waals surface area contributed by atoms with Gasteiger partial charge in [0.2, 0.25) is 11.9 Å². The number of nitrogens with zero attached hydrogens (tertiary/aromatic N) is 2. The van der Waals surface area contributed by atoms with Crippen LogP contribution in [0.15, 0.2) is 60.8 Å². The normalized spacial score (nSPS) is 10.1. The second-order valence-electron chi connectivity index (χ2n) is 5.85. The van der Waals surface area contributed by atoms with Gasteiger partial charge in [-0.3, -0.25) is 4.79 Å². The Morgan fingerprint density at radius 2 is 1.70 bits per heavy atom. The molecule has 0 fully saturated rings. The number of anilines is 4. The van der Waals surface area contributed by atoms with E-state index in [-0.39, 0.29) is 5.91 Å². The number of aromatic nitrogens is 2. The van der Waals surface area contributed by atoms with Crippen molar-refractivity contribution in [2.45, 2.75) is 13.5 Å². The van der Waals surface area contributed by atoms with Crippen LogP contribution in [0.25, 0.3) is 0 Å². The molecule has 0 radical (unpaired) electrons. The molecule has 27 heavy (non-hydrogen) atoms. The van der Waals surface area contributed by atoms with Crippen molar-refractivity contribution in [2.24, 2.45) is 0 Å². The first-order chi connectivity index (χ1) is 13.1. The number of carbonyl (C=O) groups excluding carboxylic acids is 1. The first-order valence-electron chi connectivity index (χ1n) is 8.47. The van der Waals surface area contributed by atoms with Crippen molar-refractivity contribution < 1.29 is 9.53 Å². The Hall–Kier alpha value is -3.61. The van der Waals surface area contributed by atoms with E-state index >= 15 is 0 Å². The molecule has 0 aliphatic rings. The lowest BCUT2D eigenvalue weighted by atomic mass is 10.2. The first-order valence-corrected chi connectivity index (χ1v) is 8.47. The van der Waals surface area contributed by atoms with Crippen LogP contribution in [0.5, 0.6) is 5.75 Å². The van der Waals surface area contributed by atoms with E-state index in [0.29, 0.717) is 18.3 Å². The Balaban J connectivity index is 1.60. The molecule has 3 N–H and O–H groups in total. The average Bonchev–Trinajstić information content (AvgIpc) is 2.68. The molecule has 0 atom stereocenters. The van der Waals surface area contributed by atoms with Crippen LogP contribution in [0.1, 0.15) is 12.5 Å². The average molecular weight is 363 g/mol. The third-order valence-corrected chi connectivity index (χ3v) is 3.74. The summed E-state index contributed by atoms with van der Waals surface area (Å²) in [6.45, 7) is 2.09. The predicted molar refractivity (Wildman–Crippen MR) is 106 cm³/mol. The minimum atomic E-state index is -0.0981. The fourth-order valence-corrected chi connectivity index (χ4v) is 2.43. The molecule has 0 unspecified atom stereocenters. The molecule has 3 rings (SSSR count). The van der Waals surface area contributed by atoms with Crippen LogP contribution in [0.3, 0.4) is 0 Å². The van der Waals surface area contributed by atoms with Crippen LogP contribution < -0.4 is 20.7 Å². The summed E-state index contributed by atoms with van der Waals surface area (Å²) < 4.78 is 5.16. The van der Waals surface area contributed by atoms with E-state index in [0.717, 1.165) is 22.7 Å². The van der Waals surface area contributed by atoms with Crippen LogP contribution in [-0.4, -0.2) is 23.0 Å². The number of nitrogens with one attached hydrogen (secondary N) is 3. The lowest BCUT2D eigenvalue weighted by molar-refractivity contribution is -0.114. The van der Waals surface area contributed by atoms with Crippen molar-refractivity contribution in [3.63, 3.8) is 0 Å². The number of hydrogen-bond acceptors (Lipinski definition) is 6. The summed E-state index contributed by atoms with van der Waals surface area (Å²) >= 11 is 0. The van der Waals surface area contributed by atoms with Crippen LogP contribution in [0, 0.1) is 0 Å². The van der Waals surface area contributed by atoms with Gasteiger partial charge in [-0.05, 0) is 48.0 Å². The van der Waals surface area contributed by atoms with Gasteiger partial charge >= 0.3 is 0 Å². The number of rotatable bonds is 7. The predicted octanol–water partition coefficient (Wildman–Crippen LogP) is 3.80. The van der Waals surface area contributed by atoms with Crippen molar-refractivity contribution in [1.82, 2.24) is 9.97 Å². The van der Waals surface area contributed by atoms with Crippen molar-refractivity contribution in [3.05, 3.63) is 66.4 Å². The lowest BCUT2D eigenvalue weighted by Crippen LogP contribution is -2.06. The van der Waals surface area contributed by atoms with Crippen molar-refractivity contribution in [1.29, 1.82) is 0 Å². The SMILES string of the molecule is COc1ccc(CNc2nccc(Nc3ccc(NC(C)=O)cc3)n2)cc1. The smallest absolute Gasteiger partial charge is 0.224 e. The molecule has 0 aliphatic heterocycles. The summed E-state index contributed by atoms with van der Waals surface area (Å²) in [6, 6.07) is 17.0. The van der Waals surface area contributed by atoms with E-state index in [1.54, 1.807) is 19.4 Å². The number of carbonyl (C=O) groups is 1. The molecule has 3 aromatic rings. The zero-order valence-corrected chi connectivity index (χ0v) is 15.2. The molecule has 2 aromatic carbocycles. The molecule has 0 aliphatic carbocycles. The van der Waals surface area contributed by atoms with Gasteiger partial charge in [0.05, 0.1) is 7.11 Å². The summed E-state index contributed by atoms with van der Waals surface area (Å²) in [4.78, 5) is 19.8. The molecular weight excluding hydrogens is 342 g/mol. The maximum Gasteiger partial charge on any atom is 0.224 e. The fourth-order valence-electron chi connectivity index (χ4n) is 2.43. The van der Waals surface area contributed by atoms with Crippen molar-refractivity contribution in [2.75, 3.05) is 23.1 Å². The molecule has 0 bridgehead atoms. The minimum absolute atomic E-state index is 0.0981. The van der Waals surface area contributed by atoms with Gasteiger partial charge in [0, 0.05) is 31.0 Å². The van der Waals surface area contributed by atoms with Crippen LogP contribution in [0.2, 0.25) is 0 Å². The summed E-state index contributed by atoms with van der Waals surface area (Å²) in [7, 11) is 1.65. The molecule has 138 valence electrons. The van der Waals surface area contributed by atoms with Crippen LogP contribution in [-0.2, 0) is 11.3 Å². The van der Waals surface area contributed by atoms with Gasteiger partial charge in [-0.25, -0.2) is 4.98 Å². The highest BCUT2D eigenvalue weighted by molar-refractivity contribution is 5.88. The quantitative estimate of drug-likeness (QED) is 0.592. The molecular formula is C20H21N5O2. The minimum Gasteiger partial charge on any atom is -0.497 e. The highest BCUT2D eigenvalue weighted by atomic mass is 16.5. The van der Waals surface area contributed by atoms with Gasteiger partial charge < -0.3 is 20.7 Å². The second kappa shape index (κ2) is 8.66. The lowest BCUT2D eigenvalue weighted by Gasteiger charge is -2.09. The summed E-state index contributed by atoms with van der Waals surface area (Å²) in [5, 5.41) is 9.16. The van der Waals surface area contributed by atoms with E-state index in [1.165, 1.54) is 6.92 Å². The van der Waals surface area contributed by atoms with E-state index in [2.05, 4.69) is 25.9 Å². The summed E-state index contributed by atoms with van der Waals surface area (Å²) in [5.74, 6) is 1.94. The van der Waals surface area contributed by atoms with E-state index in [9.17, 15) is 4.79 Å². The Morgan fingerprint density at radius 3 is 2.37 bits per heavy atom. The Labute approximate surface area is 157 Å². The molecule has 0 spiro atoms. The third kappa shape index (κ3) is 5.43. The maximum absolute atomic E-state index is 11.1. The van der Waals surface area contributed by atoms with E-state index in [1.807, 2.05) is 48.5 Å². The fraction of sp³-hybridized carbons (Fsp3) is 0.150. The molecule has 1 amide bonds. The maximum atomic E-state index is 11.1. The summed E-state index contributed by atoms with van der Waals surface area (Å²) in [5.41, 5.74) is 2.72. The zero-order valence-electron chi connectivity index (χ0n) is 15.2.